The van der Waals surface area contributed by atoms with Crippen molar-refractivity contribution in [1.82, 2.24) is 15.2 Å². The molecule has 0 spiro atoms. The highest BCUT2D eigenvalue weighted by molar-refractivity contribution is 9.10. The van der Waals surface area contributed by atoms with E-state index in [4.69, 9.17) is 0 Å². The molecule has 3 nitrogen and oxygen atoms in total. The molecule has 1 saturated heterocycles. The van der Waals surface area contributed by atoms with Crippen molar-refractivity contribution in [3.8, 4) is 0 Å². The van der Waals surface area contributed by atoms with Gasteiger partial charge in [0.15, 0.2) is 0 Å². The summed E-state index contributed by atoms with van der Waals surface area (Å²) in [6.45, 7) is 4.56. The van der Waals surface area contributed by atoms with E-state index in [1.54, 1.807) is 0 Å². The van der Waals surface area contributed by atoms with Crippen LogP contribution < -0.4 is 5.32 Å². The second-order valence-corrected chi connectivity index (χ2v) is 6.86. The highest BCUT2D eigenvalue weighted by Crippen LogP contribution is 2.38. The van der Waals surface area contributed by atoms with Crippen LogP contribution in [0.15, 0.2) is 22.9 Å². The van der Waals surface area contributed by atoms with Gasteiger partial charge in [0.25, 0.3) is 0 Å². The van der Waals surface area contributed by atoms with Crippen LogP contribution in [0.2, 0.25) is 0 Å². The van der Waals surface area contributed by atoms with Crippen LogP contribution >= 0.6 is 40.7 Å². The van der Waals surface area contributed by atoms with Gasteiger partial charge in [-0.05, 0) is 46.3 Å². The Kier molecular flexibility index (Phi) is 9.25. The molecule has 1 aromatic heterocycles. The monoisotopic (exact) mass is 409 g/mol. The first-order valence-electron chi connectivity index (χ1n) is 7.91. The van der Waals surface area contributed by atoms with Crippen LogP contribution in [0.4, 0.5) is 0 Å². The van der Waals surface area contributed by atoms with Gasteiger partial charge in [0.05, 0.1) is 0 Å². The molecule has 1 N–H and O–H groups in total. The van der Waals surface area contributed by atoms with Crippen LogP contribution in [-0.4, -0.2) is 36.1 Å². The van der Waals surface area contributed by atoms with Crippen LogP contribution in [0.25, 0.3) is 0 Å². The quantitative estimate of drug-likeness (QED) is 0.756. The van der Waals surface area contributed by atoms with E-state index in [0.717, 1.165) is 36.7 Å². The number of hydrogen-bond donors (Lipinski definition) is 1. The second-order valence-electron chi connectivity index (χ2n) is 6.04. The Morgan fingerprint density at radius 2 is 1.77 bits per heavy atom. The summed E-state index contributed by atoms with van der Waals surface area (Å²) in [5.41, 5.74) is 1.40. The summed E-state index contributed by atoms with van der Waals surface area (Å²) >= 11 is 3.45. The van der Waals surface area contributed by atoms with Crippen molar-refractivity contribution < 1.29 is 0 Å². The number of rotatable bonds is 3. The minimum Gasteiger partial charge on any atom is -0.314 e. The molecule has 22 heavy (non-hydrogen) atoms. The lowest BCUT2D eigenvalue weighted by atomic mass is 9.80. The zero-order chi connectivity index (χ0) is 13.8. The van der Waals surface area contributed by atoms with E-state index in [0.29, 0.717) is 6.04 Å². The van der Waals surface area contributed by atoms with Gasteiger partial charge in [-0.3, -0.25) is 4.90 Å². The molecule has 2 aliphatic rings. The van der Waals surface area contributed by atoms with Gasteiger partial charge in [-0.15, -0.1) is 24.8 Å². The average Bonchev–Trinajstić information content (AvgIpc) is 2.52. The molecular weight excluding hydrogens is 385 g/mol. The predicted octanol–water partition coefficient (Wildman–Crippen LogP) is 4.21. The number of hydrogen-bond acceptors (Lipinski definition) is 3. The van der Waals surface area contributed by atoms with E-state index in [-0.39, 0.29) is 24.8 Å². The second kappa shape index (κ2) is 10.1. The van der Waals surface area contributed by atoms with E-state index < -0.39 is 0 Å². The number of aromatic nitrogens is 1. The molecule has 1 saturated carbocycles. The van der Waals surface area contributed by atoms with Crippen molar-refractivity contribution in [3.63, 3.8) is 0 Å². The van der Waals surface area contributed by atoms with Gasteiger partial charge in [0.1, 0.15) is 4.60 Å². The van der Waals surface area contributed by atoms with Crippen molar-refractivity contribution >= 4 is 40.7 Å². The normalized spacial score (nSPS) is 21.5. The summed E-state index contributed by atoms with van der Waals surface area (Å²) in [7, 11) is 0. The van der Waals surface area contributed by atoms with Gasteiger partial charge < -0.3 is 5.32 Å². The number of halogens is 3. The maximum atomic E-state index is 4.46. The van der Waals surface area contributed by atoms with Crippen LogP contribution in [0.3, 0.4) is 0 Å². The third-order valence-corrected chi connectivity index (χ3v) is 5.20. The van der Waals surface area contributed by atoms with Crippen LogP contribution in [0.5, 0.6) is 0 Å². The van der Waals surface area contributed by atoms with Crippen LogP contribution in [0.1, 0.15) is 43.7 Å². The standard InChI is InChI=1S/C16H24BrN3.2ClH/c17-15-7-6-14(12-19-15)16(13-4-2-1-3-5-13)20-10-8-18-9-11-20;;/h6-7,12-13,16,18H,1-5,8-11H2;2*1H/t16-;;/m1../s1. The molecule has 0 amide bonds. The summed E-state index contributed by atoms with van der Waals surface area (Å²) in [5, 5.41) is 3.47. The molecule has 1 atom stereocenters. The van der Waals surface area contributed by atoms with Gasteiger partial charge >= 0.3 is 0 Å². The SMILES string of the molecule is Brc1ccc([C@@H](C2CCCCC2)N2CCNCC2)cn1.Cl.Cl. The Morgan fingerprint density at radius 3 is 2.36 bits per heavy atom. The van der Waals surface area contributed by atoms with Crippen molar-refractivity contribution in [2.45, 2.75) is 38.1 Å². The maximum Gasteiger partial charge on any atom is 0.106 e. The van der Waals surface area contributed by atoms with E-state index in [1.165, 1.54) is 37.7 Å². The molecule has 2 heterocycles. The fourth-order valence-electron chi connectivity index (χ4n) is 3.75. The van der Waals surface area contributed by atoms with Crippen molar-refractivity contribution in [3.05, 3.63) is 28.5 Å². The van der Waals surface area contributed by atoms with Gasteiger partial charge in [0.2, 0.25) is 0 Å². The van der Waals surface area contributed by atoms with Gasteiger partial charge in [-0.25, -0.2) is 4.98 Å². The number of nitrogens with zero attached hydrogens (tertiary/aromatic N) is 2. The van der Waals surface area contributed by atoms with Gasteiger partial charge in [-0.2, -0.15) is 0 Å². The Hall–Kier alpha value is 0.130. The number of nitrogens with one attached hydrogen (secondary N) is 1. The minimum absolute atomic E-state index is 0. The summed E-state index contributed by atoms with van der Waals surface area (Å²) in [5.74, 6) is 0.810. The highest BCUT2D eigenvalue weighted by Gasteiger charge is 2.30. The molecule has 1 aliphatic heterocycles. The Balaban J connectivity index is 0.00000121. The largest absolute Gasteiger partial charge is 0.314 e. The summed E-state index contributed by atoms with van der Waals surface area (Å²) in [4.78, 5) is 7.14. The fourth-order valence-corrected chi connectivity index (χ4v) is 3.99. The van der Waals surface area contributed by atoms with Crippen LogP contribution in [-0.2, 0) is 0 Å². The predicted molar refractivity (Wildman–Crippen MR) is 100 cm³/mol. The topological polar surface area (TPSA) is 28.2 Å². The molecule has 0 unspecified atom stereocenters. The molecule has 0 bridgehead atoms. The zero-order valence-corrected chi connectivity index (χ0v) is 16.1. The Labute approximate surface area is 154 Å². The van der Waals surface area contributed by atoms with E-state index in [2.05, 4.69) is 49.5 Å². The smallest absolute Gasteiger partial charge is 0.106 e. The van der Waals surface area contributed by atoms with Crippen molar-refractivity contribution in [1.29, 1.82) is 0 Å². The maximum absolute atomic E-state index is 4.46. The van der Waals surface area contributed by atoms with Crippen molar-refractivity contribution in [2.75, 3.05) is 26.2 Å². The number of piperazine rings is 1. The first-order chi connectivity index (χ1) is 9.84. The van der Waals surface area contributed by atoms with Gasteiger partial charge in [0, 0.05) is 38.4 Å². The average molecular weight is 411 g/mol. The lowest BCUT2D eigenvalue weighted by Gasteiger charge is -2.41. The third-order valence-electron chi connectivity index (χ3n) is 4.73. The molecular formula is C16H26BrCl2N3. The molecule has 6 heteroatoms. The van der Waals surface area contributed by atoms with E-state index >= 15 is 0 Å². The molecule has 0 aromatic carbocycles. The summed E-state index contributed by atoms with van der Waals surface area (Å²) < 4.78 is 0.934. The first-order valence-corrected chi connectivity index (χ1v) is 8.70. The highest BCUT2D eigenvalue weighted by atomic mass is 79.9. The molecule has 2 fully saturated rings. The zero-order valence-electron chi connectivity index (χ0n) is 12.8. The molecule has 126 valence electrons. The molecule has 1 aliphatic carbocycles. The van der Waals surface area contributed by atoms with E-state index in [9.17, 15) is 0 Å². The lowest BCUT2D eigenvalue weighted by Crippen LogP contribution is -2.47. The minimum atomic E-state index is 0. The Bertz CT molecular complexity index is 400. The molecule has 0 radical (unpaired) electrons. The third kappa shape index (κ3) is 5.07. The van der Waals surface area contributed by atoms with Gasteiger partial charge in [-0.1, -0.05) is 25.3 Å². The van der Waals surface area contributed by atoms with Crippen molar-refractivity contribution in [2.24, 2.45) is 5.92 Å². The lowest BCUT2D eigenvalue weighted by molar-refractivity contribution is 0.103. The molecule has 1 aromatic rings. The van der Waals surface area contributed by atoms with Crippen LogP contribution in [0, 0.1) is 5.92 Å². The van der Waals surface area contributed by atoms with E-state index in [1.807, 2.05) is 0 Å². The Morgan fingerprint density at radius 1 is 1.09 bits per heavy atom. The fraction of sp³-hybridized carbons (Fsp3) is 0.688. The number of pyridine rings is 1. The molecule has 3 rings (SSSR count). The summed E-state index contributed by atoms with van der Waals surface area (Å²) in [6.07, 6.45) is 9.05. The first kappa shape index (κ1) is 20.2. The summed E-state index contributed by atoms with van der Waals surface area (Å²) in [6, 6.07) is 4.92.